The molecule has 3 aromatic rings. The van der Waals surface area contributed by atoms with Crippen molar-refractivity contribution in [2.24, 2.45) is 11.8 Å². The molecule has 0 aliphatic heterocycles. The van der Waals surface area contributed by atoms with Gasteiger partial charge in [0.15, 0.2) is 0 Å². The van der Waals surface area contributed by atoms with E-state index in [4.69, 9.17) is 0 Å². The lowest BCUT2D eigenvalue weighted by Crippen LogP contribution is -2.43. The van der Waals surface area contributed by atoms with Crippen molar-refractivity contribution in [2.75, 3.05) is 0 Å². The van der Waals surface area contributed by atoms with Crippen LogP contribution in [0.15, 0.2) is 113 Å². The third-order valence-corrected chi connectivity index (χ3v) is 10.0. The standard InChI is InChI=1S/C28H30NO2PS/c1-21(2)28(29-33(30,31)25-19-17-22(3)18-20-25)26-15-10-16-27(26)32(23-11-6-4-7-12-23)24-13-8-5-9-14-24/h4-21,26,28-29H,1-3H3/t26-,28+/m1/s1. The average Bonchev–Trinajstić information content (AvgIpc) is 3.28. The van der Waals surface area contributed by atoms with E-state index >= 15 is 0 Å². The van der Waals surface area contributed by atoms with E-state index in [1.54, 1.807) is 12.1 Å². The molecule has 0 heterocycles. The van der Waals surface area contributed by atoms with Crippen molar-refractivity contribution in [2.45, 2.75) is 31.7 Å². The molecule has 0 aromatic heterocycles. The van der Waals surface area contributed by atoms with Gasteiger partial charge in [-0.2, -0.15) is 0 Å². The van der Waals surface area contributed by atoms with E-state index in [1.807, 2.05) is 31.2 Å². The van der Waals surface area contributed by atoms with Crippen LogP contribution in [0.5, 0.6) is 0 Å². The Kier molecular flexibility index (Phi) is 7.29. The summed E-state index contributed by atoms with van der Waals surface area (Å²) in [6, 6.07) is 27.9. The van der Waals surface area contributed by atoms with Crippen LogP contribution in [0.3, 0.4) is 0 Å². The third-order valence-electron chi connectivity index (χ3n) is 5.94. The highest BCUT2D eigenvalue weighted by Gasteiger charge is 2.35. The van der Waals surface area contributed by atoms with Crippen LogP contribution in [0.25, 0.3) is 0 Å². The molecule has 0 saturated carbocycles. The fraction of sp³-hybridized carbons (Fsp3) is 0.214. The van der Waals surface area contributed by atoms with Gasteiger partial charge in [-0.25, -0.2) is 13.1 Å². The zero-order valence-corrected chi connectivity index (χ0v) is 20.9. The van der Waals surface area contributed by atoms with Gasteiger partial charge >= 0.3 is 0 Å². The molecule has 1 aliphatic rings. The second-order valence-corrected chi connectivity index (χ2v) is 12.6. The van der Waals surface area contributed by atoms with Crippen molar-refractivity contribution in [3.8, 4) is 0 Å². The van der Waals surface area contributed by atoms with Crippen LogP contribution in [-0.4, -0.2) is 14.5 Å². The van der Waals surface area contributed by atoms with E-state index in [2.05, 4.69) is 85.3 Å². The summed E-state index contributed by atoms with van der Waals surface area (Å²) in [6.07, 6.45) is 6.42. The molecular formula is C28H30NO2PS. The topological polar surface area (TPSA) is 46.2 Å². The summed E-state index contributed by atoms with van der Waals surface area (Å²) in [7, 11) is -4.43. The maximum Gasteiger partial charge on any atom is 0.240 e. The van der Waals surface area contributed by atoms with Crippen LogP contribution in [0.2, 0.25) is 0 Å². The minimum absolute atomic E-state index is 0.0169. The second-order valence-electron chi connectivity index (χ2n) is 8.71. The first-order valence-corrected chi connectivity index (χ1v) is 14.1. The third kappa shape index (κ3) is 5.35. The lowest BCUT2D eigenvalue weighted by Gasteiger charge is -2.33. The monoisotopic (exact) mass is 475 g/mol. The Labute approximate surface area is 199 Å². The summed E-state index contributed by atoms with van der Waals surface area (Å²) in [5.41, 5.74) is 1.04. The van der Waals surface area contributed by atoms with Crippen LogP contribution >= 0.6 is 7.92 Å². The molecule has 0 radical (unpaired) electrons. The smallest absolute Gasteiger partial charge is 0.207 e. The highest BCUT2D eigenvalue weighted by molar-refractivity contribution is 7.89. The average molecular weight is 476 g/mol. The molecule has 0 saturated heterocycles. The summed E-state index contributed by atoms with van der Waals surface area (Å²) in [4.78, 5) is 0.305. The van der Waals surface area contributed by atoms with Crippen LogP contribution in [0.1, 0.15) is 19.4 Å². The van der Waals surface area contributed by atoms with Crippen molar-refractivity contribution >= 4 is 28.6 Å². The largest absolute Gasteiger partial charge is 0.240 e. The Hall–Kier alpha value is -2.52. The number of nitrogens with one attached hydrogen (secondary N) is 1. The molecule has 0 bridgehead atoms. The molecule has 5 heteroatoms. The van der Waals surface area contributed by atoms with Crippen LogP contribution in [0, 0.1) is 18.8 Å². The molecule has 170 valence electrons. The van der Waals surface area contributed by atoms with E-state index in [0.29, 0.717) is 4.90 Å². The zero-order valence-electron chi connectivity index (χ0n) is 19.2. The van der Waals surface area contributed by atoms with E-state index in [0.717, 1.165) is 5.56 Å². The van der Waals surface area contributed by atoms with E-state index in [-0.39, 0.29) is 17.9 Å². The number of rotatable bonds is 8. The van der Waals surface area contributed by atoms with Crippen molar-refractivity contribution in [3.05, 3.63) is 114 Å². The summed E-state index contributed by atoms with van der Waals surface area (Å²) in [5.74, 6) is 0.0986. The van der Waals surface area contributed by atoms with Gasteiger partial charge in [0.1, 0.15) is 0 Å². The first-order chi connectivity index (χ1) is 15.9. The Morgan fingerprint density at radius 1 is 0.818 bits per heavy atom. The summed E-state index contributed by atoms with van der Waals surface area (Å²) < 4.78 is 29.6. The van der Waals surface area contributed by atoms with Gasteiger partial charge in [-0.05, 0) is 48.8 Å². The fourth-order valence-corrected chi connectivity index (χ4v) is 8.22. The van der Waals surface area contributed by atoms with Crippen molar-refractivity contribution in [1.29, 1.82) is 0 Å². The van der Waals surface area contributed by atoms with Gasteiger partial charge in [0, 0.05) is 12.0 Å². The van der Waals surface area contributed by atoms with Crippen molar-refractivity contribution in [3.63, 3.8) is 0 Å². The van der Waals surface area contributed by atoms with Crippen LogP contribution in [-0.2, 0) is 10.0 Å². The Bertz CT molecular complexity index is 1190. The molecule has 4 rings (SSSR count). The van der Waals surface area contributed by atoms with Gasteiger partial charge < -0.3 is 0 Å². The molecule has 3 nitrogen and oxygen atoms in total. The van der Waals surface area contributed by atoms with E-state index < -0.39 is 17.9 Å². The van der Waals surface area contributed by atoms with Gasteiger partial charge in [-0.3, -0.25) is 0 Å². The Morgan fingerprint density at radius 2 is 1.36 bits per heavy atom. The first kappa shape index (κ1) is 23.6. The summed E-state index contributed by atoms with van der Waals surface area (Å²) in [6.45, 7) is 6.12. The summed E-state index contributed by atoms with van der Waals surface area (Å²) in [5, 5.41) is 3.80. The van der Waals surface area contributed by atoms with Gasteiger partial charge in [0.25, 0.3) is 0 Å². The van der Waals surface area contributed by atoms with Gasteiger partial charge in [0.05, 0.1) is 4.90 Å². The molecule has 2 atom stereocenters. The number of aryl methyl sites for hydroxylation is 1. The minimum Gasteiger partial charge on any atom is -0.207 e. The lowest BCUT2D eigenvalue weighted by molar-refractivity contribution is 0.401. The predicted octanol–water partition coefficient (Wildman–Crippen LogP) is 5.50. The van der Waals surface area contributed by atoms with Crippen LogP contribution < -0.4 is 15.3 Å². The molecular weight excluding hydrogens is 445 g/mol. The Morgan fingerprint density at radius 3 is 1.88 bits per heavy atom. The highest BCUT2D eigenvalue weighted by atomic mass is 32.2. The maximum absolute atomic E-state index is 13.3. The van der Waals surface area contributed by atoms with E-state index in [9.17, 15) is 8.42 Å². The van der Waals surface area contributed by atoms with Crippen LogP contribution in [0.4, 0.5) is 0 Å². The van der Waals surface area contributed by atoms with Gasteiger partial charge in [0.2, 0.25) is 10.0 Å². The minimum atomic E-state index is -3.64. The number of sulfonamides is 1. The number of allylic oxidation sites excluding steroid dienone is 2. The first-order valence-electron chi connectivity index (χ1n) is 11.2. The Balaban J connectivity index is 1.70. The molecule has 0 spiro atoms. The van der Waals surface area contributed by atoms with Gasteiger partial charge in [-0.15, -0.1) is 0 Å². The molecule has 0 amide bonds. The summed E-state index contributed by atoms with van der Waals surface area (Å²) >= 11 is 0. The van der Waals surface area contributed by atoms with E-state index in [1.165, 1.54) is 15.9 Å². The molecule has 0 fully saturated rings. The number of hydrogen-bond donors (Lipinski definition) is 1. The van der Waals surface area contributed by atoms with Gasteiger partial charge in [-0.1, -0.05) is 110 Å². The van der Waals surface area contributed by atoms with Crippen molar-refractivity contribution < 1.29 is 8.42 Å². The fourth-order valence-electron chi connectivity index (χ4n) is 4.20. The molecule has 3 aromatic carbocycles. The maximum atomic E-state index is 13.3. The second kappa shape index (κ2) is 10.2. The normalized spacial score (nSPS) is 16.9. The number of hydrogen-bond acceptors (Lipinski definition) is 2. The quantitative estimate of drug-likeness (QED) is 0.437. The molecule has 1 aliphatic carbocycles. The molecule has 0 unspecified atom stereocenters. The zero-order chi connectivity index (χ0) is 23.4. The molecule has 33 heavy (non-hydrogen) atoms. The van der Waals surface area contributed by atoms with Crippen molar-refractivity contribution in [1.82, 2.24) is 4.72 Å². The molecule has 1 N–H and O–H groups in total. The number of benzene rings is 3. The SMILES string of the molecule is Cc1ccc(S(=O)(=O)N[C@@H](C(C)C)[C@@H]2C=CC=C2P(c2ccccc2)c2ccccc2)cc1. The predicted molar refractivity (Wildman–Crippen MR) is 140 cm³/mol. The lowest BCUT2D eigenvalue weighted by atomic mass is 9.92. The highest BCUT2D eigenvalue weighted by Crippen LogP contribution is 2.50.